The summed E-state index contributed by atoms with van der Waals surface area (Å²) < 4.78 is 13.0. The van der Waals surface area contributed by atoms with Gasteiger partial charge in [-0.2, -0.15) is 10.5 Å². The lowest BCUT2D eigenvalue weighted by Crippen LogP contribution is -1.95. The number of rotatable bonds is 2. The highest BCUT2D eigenvalue weighted by Crippen LogP contribution is 2.25. The fraction of sp³-hybridized carbons (Fsp3) is 0. The number of halogens is 2. The Hall–Kier alpha value is -2.56. The van der Waals surface area contributed by atoms with Gasteiger partial charge in [0.25, 0.3) is 0 Å². The van der Waals surface area contributed by atoms with Gasteiger partial charge in [-0.1, -0.05) is 11.6 Å². The molecule has 0 atom stereocenters. The van der Waals surface area contributed by atoms with Crippen molar-refractivity contribution < 1.29 is 4.39 Å². The van der Waals surface area contributed by atoms with Crippen LogP contribution in [0.4, 0.5) is 15.8 Å². The van der Waals surface area contributed by atoms with E-state index in [-0.39, 0.29) is 5.56 Å². The summed E-state index contributed by atoms with van der Waals surface area (Å²) >= 11 is 5.91. The molecule has 92 valence electrons. The molecule has 0 spiro atoms. The van der Waals surface area contributed by atoms with E-state index >= 15 is 0 Å². The van der Waals surface area contributed by atoms with Crippen molar-refractivity contribution in [2.24, 2.45) is 0 Å². The SMILES string of the molecule is N#Cc1ccc(Nc2ccc(F)cc2C#N)cc1Cl. The van der Waals surface area contributed by atoms with Crippen LogP contribution in [-0.4, -0.2) is 0 Å². The van der Waals surface area contributed by atoms with E-state index in [0.717, 1.165) is 6.07 Å². The van der Waals surface area contributed by atoms with Gasteiger partial charge in [0, 0.05) is 5.69 Å². The molecule has 0 aromatic heterocycles. The van der Waals surface area contributed by atoms with Gasteiger partial charge in [0.2, 0.25) is 0 Å². The molecule has 0 saturated carbocycles. The largest absolute Gasteiger partial charge is 0.354 e. The number of hydrogen-bond donors (Lipinski definition) is 1. The van der Waals surface area contributed by atoms with Gasteiger partial charge in [0.1, 0.15) is 18.0 Å². The van der Waals surface area contributed by atoms with Gasteiger partial charge in [0.15, 0.2) is 0 Å². The normalized spacial score (nSPS) is 9.47. The molecule has 0 aliphatic carbocycles. The van der Waals surface area contributed by atoms with E-state index in [1.165, 1.54) is 12.1 Å². The molecule has 0 aliphatic heterocycles. The van der Waals surface area contributed by atoms with Gasteiger partial charge in [-0.15, -0.1) is 0 Å². The van der Waals surface area contributed by atoms with Crippen molar-refractivity contribution in [1.82, 2.24) is 0 Å². The second-order valence-corrected chi connectivity index (χ2v) is 4.14. The third-order valence-corrected chi connectivity index (χ3v) is 2.78. The highest BCUT2D eigenvalue weighted by atomic mass is 35.5. The minimum atomic E-state index is -0.472. The van der Waals surface area contributed by atoms with Crippen molar-refractivity contribution in [2.75, 3.05) is 5.32 Å². The molecule has 5 heteroatoms. The molecular formula is C14H7ClFN3. The van der Waals surface area contributed by atoms with Crippen LogP contribution in [0.2, 0.25) is 5.02 Å². The molecule has 0 radical (unpaired) electrons. The molecule has 1 N–H and O–H groups in total. The quantitative estimate of drug-likeness (QED) is 0.899. The van der Waals surface area contributed by atoms with Crippen LogP contribution >= 0.6 is 11.6 Å². The summed E-state index contributed by atoms with van der Waals surface area (Å²) in [4.78, 5) is 0. The number of nitrogens with one attached hydrogen (secondary N) is 1. The lowest BCUT2D eigenvalue weighted by Gasteiger charge is -2.09. The molecular weight excluding hydrogens is 265 g/mol. The van der Waals surface area contributed by atoms with Gasteiger partial charge in [-0.25, -0.2) is 4.39 Å². The Morgan fingerprint density at radius 2 is 1.74 bits per heavy atom. The van der Waals surface area contributed by atoms with Gasteiger partial charge in [-0.3, -0.25) is 0 Å². The Labute approximate surface area is 114 Å². The molecule has 2 aromatic rings. The molecule has 19 heavy (non-hydrogen) atoms. The van der Waals surface area contributed by atoms with Crippen LogP contribution in [-0.2, 0) is 0 Å². The van der Waals surface area contributed by atoms with Gasteiger partial charge < -0.3 is 5.32 Å². The highest BCUT2D eigenvalue weighted by molar-refractivity contribution is 6.32. The number of anilines is 2. The molecule has 0 fully saturated rings. The zero-order chi connectivity index (χ0) is 13.8. The molecule has 3 nitrogen and oxygen atoms in total. The van der Waals surface area contributed by atoms with Crippen LogP contribution in [0.25, 0.3) is 0 Å². The third kappa shape index (κ3) is 2.82. The average molecular weight is 272 g/mol. The highest BCUT2D eigenvalue weighted by Gasteiger charge is 2.06. The van der Waals surface area contributed by atoms with Gasteiger partial charge in [-0.05, 0) is 36.4 Å². The van der Waals surface area contributed by atoms with Crippen molar-refractivity contribution in [2.45, 2.75) is 0 Å². The predicted molar refractivity (Wildman–Crippen MR) is 70.6 cm³/mol. The van der Waals surface area contributed by atoms with Gasteiger partial charge >= 0.3 is 0 Å². The van der Waals surface area contributed by atoms with E-state index in [0.29, 0.717) is 22.0 Å². The Morgan fingerprint density at radius 1 is 1.00 bits per heavy atom. The maximum absolute atomic E-state index is 13.0. The van der Waals surface area contributed by atoms with Gasteiger partial charge in [0.05, 0.1) is 21.8 Å². The van der Waals surface area contributed by atoms with Crippen LogP contribution < -0.4 is 5.32 Å². The van der Waals surface area contributed by atoms with E-state index in [2.05, 4.69) is 5.32 Å². The van der Waals surface area contributed by atoms with Crippen molar-refractivity contribution in [3.63, 3.8) is 0 Å². The lowest BCUT2D eigenvalue weighted by molar-refractivity contribution is 0.627. The van der Waals surface area contributed by atoms with E-state index in [1.807, 2.05) is 12.1 Å². The minimum Gasteiger partial charge on any atom is -0.354 e. The van der Waals surface area contributed by atoms with Crippen LogP contribution in [0.1, 0.15) is 11.1 Å². The summed E-state index contributed by atoms with van der Waals surface area (Å²) in [6.45, 7) is 0. The van der Waals surface area contributed by atoms with Crippen LogP contribution in [0, 0.1) is 28.5 Å². The summed E-state index contributed by atoms with van der Waals surface area (Å²) in [5, 5.41) is 21.0. The molecule has 0 unspecified atom stereocenters. The fourth-order valence-corrected chi connectivity index (χ4v) is 1.78. The summed E-state index contributed by atoms with van der Waals surface area (Å²) in [7, 11) is 0. The summed E-state index contributed by atoms with van der Waals surface area (Å²) in [6.07, 6.45) is 0. The van der Waals surface area contributed by atoms with E-state index in [1.54, 1.807) is 18.2 Å². The summed E-state index contributed by atoms with van der Waals surface area (Å²) in [6, 6.07) is 12.5. The smallest absolute Gasteiger partial charge is 0.124 e. The fourth-order valence-electron chi connectivity index (χ4n) is 1.56. The van der Waals surface area contributed by atoms with Crippen molar-refractivity contribution in [3.05, 3.63) is 58.4 Å². The van der Waals surface area contributed by atoms with Crippen LogP contribution in [0.3, 0.4) is 0 Å². The molecule has 0 heterocycles. The number of hydrogen-bond acceptors (Lipinski definition) is 3. The van der Waals surface area contributed by atoms with Crippen LogP contribution in [0.5, 0.6) is 0 Å². The first-order valence-corrected chi connectivity index (χ1v) is 5.68. The first-order valence-electron chi connectivity index (χ1n) is 5.30. The minimum absolute atomic E-state index is 0.195. The molecule has 0 saturated heterocycles. The maximum Gasteiger partial charge on any atom is 0.124 e. The molecule has 2 rings (SSSR count). The first kappa shape index (κ1) is 12.9. The van der Waals surface area contributed by atoms with Crippen molar-refractivity contribution in [1.29, 1.82) is 10.5 Å². The molecule has 0 amide bonds. The predicted octanol–water partition coefficient (Wildman–Crippen LogP) is 3.97. The third-order valence-electron chi connectivity index (χ3n) is 2.47. The Bertz CT molecular complexity index is 714. The maximum atomic E-state index is 13.0. The van der Waals surface area contributed by atoms with E-state index < -0.39 is 5.82 Å². The number of nitriles is 2. The molecule has 0 bridgehead atoms. The average Bonchev–Trinajstić information content (AvgIpc) is 2.41. The van der Waals surface area contributed by atoms with E-state index in [4.69, 9.17) is 22.1 Å². The van der Waals surface area contributed by atoms with Crippen molar-refractivity contribution >= 4 is 23.0 Å². The second-order valence-electron chi connectivity index (χ2n) is 3.73. The molecule has 0 aliphatic rings. The van der Waals surface area contributed by atoms with E-state index in [9.17, 15) is 4.39 Å². The number of benzene rings is 2. The topological polar surface area (TPSA) is 59.6 Å². The molecule has 2 aromatic carbocycles. The zero-order valence-corrected chi connectivity index (χ0v) is 10.4. The summed E-state index contributed by atoms with van der Waals surface area (Å²) in [5.41, 5.74) is 1.66. The first-order chi connectivity index (χ1) is 9.13. The zero-order valence-electron chi connectivity index (χ0n) is 9.61. The standard InChI is InChI=1S/C14H7ClFN3/c15-13-6-12(3-1-9(13)7-17)19-14-4-2-11(16)5-10(14)8-18/h1-6,19H. The van der Waals surface area contributed by atoms with Crippen molar-refractivity contribution in [3.8, 4) is 12.1 Å². The number of nitrogens with zero attached hydrogens (tertiary/aromatic N) is 2. The van der Waals surface area contributed by atoms with Crippen LogP contribution in [0.15, 0.2) is 36.4 Å². The Morgan fingerprint density at radius 3 is 2.37 bits per heavy atom. The lowest BCUT2D eigenvalue weighted by atomic mass is 10.1. The monoisotopic (exact) mass is 271 g/mol. The summed E-state index contributed by atoms with van der Waals surface area (Å²) in [5.74, 6) is -0.472. The Kier molecular flexibility index (Phi) is 3.66. The Balaban J connectivity index is 2.35. The second kappa shape index (κ2) is 5.39.